The molecule has 23 rings (SSSR count). The molecular formula is C115H81N3S3. The van der Waals surface area contributed by atoms with Crippen molar-refractivity contribution in [1.29, 1.82) is 0 Å². The van der Waals surface area contributed by atoms with Crippen LogP contribution in [0.25, 0.3) is 138 Å². The van der Waals surface area contributed by atoms with Crippen LogP contribution in [-0.4, -0.2) is 0 Å². The van der Waals surface area contributed by atoms with Crippen LogP contribution in [-0.2, 0) is 5.41 Å². The lowest BCUT2D eigenvalue weighted by molar-refractivity contribution is 0.660. The predicted molar refractivity (Wildman–Crippen MR) is 524 cm³/mol. The quantitative estimate of drug-likeness (QED) is 0.107. The molecule has 0 fully saturated rings. The van der Waals surface area contributed by atoms with Gasteiger partial charge in [-0.25, -0.2) is 0 Å². The third-order valence-electron chi connectivity index (χ3n) is 23.8. The number of para-hydroxylation sites is 2. The lowest BCUT2D eigenvalue weighted by Gasteiger charge is -2.28. The highest BCUT2D eigenvalue weighted by Gasteiger charge is 2.36. The van der Waals surface area contributed by atoms with Crippen molar-refractivity contribution in [3.05, 3.63) is 466 Å². The van der Waals surface area contributed by atoms with Gasteiger partial charge in [-0.05, 0) is 216 Å². The van der Waals surface area contributed by atoms with Crippen LogP contribution in [0.4, 0.5) is 51.2 Å². The first-order chi connectivity index (χ1) is 59.8. The summed E-state index contributed by atoms with van der Waals surface area (Å²) < 4.78 is 8.04. The van der Waals surface area contributed by atoms with E-state index in [0.29, 0.717) is 0 Å². The molecule has 0 atom stereocenters. The molecule has 0 saturated heterocycles. The molecule has 3 heterocycles. The van der Waals surface area contributed by atoms with Crippen LogP contribution in [0.5, 0.6) is 0 Å². The van der Waals surface area contributed by atoms with E-state index in [4.69, 9.17) is 0 Å². The van der Waals surface area contributed by atoms with Gasteiger partial charge in [0, 0.05) is 117 Å². The van der Waals surface area contributed by atoms with Crippen LogP contribution < -0.4 is 14.7 Å². The standard InChI is InChI=1S/C40H27NS.C39H29NS.C36H25NS/c1-2-9-28(10-3-1)30-17-22-33(23-18-30)41(35-26-19-29-11-4-5-12-32(29)27-35)34-24-20-31(21-25-34)36-14-8-15-38-37-13-6-7-16-39(37)42-40(36)38;1-39(2)35-17-8-6-13-31(35)32-24-23-29(25-36(32)39)40(27-11-4-3-5-12-27)28-21-19-26(20-22-28)30-15-10-16-34-33-14-7-9-18-37(33)41-38(30)34;1-3-11-26(12-4-1)28-13-9-16-31(25-28)37(29-14-5-2-6-15-29)30-23-21-27(22-24-30)32-18-10-19-34-33-17-7-8-20-35(33)38-36(32)34/h1-27H;3-25H,1-2H3;1-25H. The van der Waals surface area contributed by atoms with Crippen molar-refractivity contribution >= 4 is 156 Å². The van der Waals surface area contributed by atoms with Gasteiger partial charge < -0.3 is 14.7 Å². The Hall–Kier alpha value is -14.5. The zero-order valence-corrected chi connectivity index (χ0v) is 69.3. The predicted octanol–water partition coefficient (Wildman–Crippen LogP) is 34.4. The van der Waals surface area contributed by atoms with E-state index < -0.39 is 0 Å². The molecule has 0 saturated carbocycles. The fourth-order valence-electron chi connectivity index (χ4n) is 17.8. The van der Waals surface area contributed by atoms with Crippen molar-refractivity contribution in [1.82, 2.24) is 0 Å². The molecule has 3 aromatic heterocycles. The molecular weight excluding hydrogens is 1520 g/mol. The van der Waals surface area contributed by atoms with Crippen LogP contribution in [0.1, 0.15) is 25.0 Å². The first-order valence-corrected chi connectivity index (χ1v) is 43.8. The van der Waals surface area contributed by atoms with Crippen LogP contribution in [0.3, 0.4) is 0 Å². The second kappa shape index (κ2) is 32.1. The van der Waals surface area contributed by atoms with Crippen LogP contribution in [0.2, 0.25) is 0 Å². The number of thiophene rings is 3. The van der Waals surface area contributed by atoms with Gasteiger partial charge in [-0.1, -0.05) is 341 Å². The highest BCUT2D eigenvalue weighted by Crippen LogP contribution is 2.52. The van der Waals surface area contributed by atoms with Crippen molar-refractivity contribution in [3.63, 3.8) is 0 Å². The van der Waals surface area contributed by atoms with Crippen molar-refractivity contribution in [3.8, 4) is 66.8 Å². The van der Waals surface area contributed by atoms with Gasteiger partial charge in [0.2, 0.25) is 0 Å². The summed E-state index contributed by atoms with van der Waals surface area (Å²) in [5.74, 6) is 0. The number of rotatable bonds is 14. The molecule has 0 bridgehead atoms. The maximum atomic E-state index is 2.40. The Morgan fingerprint density at radius 1 is 0.174 bits per heavy atom. The number of hydrogen-bond acceptors (Lipinski definition) is 6. The number of benzene rings is 19. The number of anilines is 9. The van der Waals surface area contributed by atoms with Crippen LogP contribution >= 0.6 is 34.0 Å². The van der Waals surface area contributed by atoms with E-state index in [1.165, 1.54) is 155 Å². The monoisotopic (exact) mass is 1600 g/mol. The van der Waals surface area contributed by atoms with E-state index in [0.717, 1.165) is 45.5 Å². The minimum Gasteiger partial charge on any atom is -0.310 e. The number of fused-ring (bicyclic) bond motifs is 13. The number of hydrogen-bond donors (Lipinski definition) is 0. The van der Waals surface area contributed by atoms with Gasteiger partial charge in [0.25, 0.3) is 0 Å². The second-order valence-corrected chi connectivity index (χ2v) is 34.6. The number of nitrogens with zero attached hydrogens (tertiary/aromatic N) is 3. The van der Waals surface area contributed by atoms with Crippen molar-refractivity contribution in [2.75, 3.05) is 14.7 Å². The summed E-state index contributed by atoms with van der Waals surface area (Å²) in [5.41, 5.74) is 28.1. The van der Waals surface area contributed by atoms with E-state index in [2.05, 4.69) is 484 Å². The third-order valence-corrected chi connectivity index (χ3v) is 27.5. The van der Waals surface area contributed by atoms with Gasteiger partial charge in [0.05, 0.1) is 0 Å². The third kappa shape index (κ3) is 14.2. The average Bonchev–Trinajstić information content (AvgIpc) is 1.58. The minimum atomic E-state index is -0.0446. The van der Waals surface area contributed by atoms with E-state index in [1.807, 2.05) is 34.0 Å². The molecule has 6 heteroatoms. The largest absolute Gasteiger partial charge is 0.310 e. The summed E-state index contributed by atoms with van der Waals surface area (Å²) in [6, 6.07) is 164. The lowest BCUT2D eigenvalue weighted by atomic mass is 9.82. The Labute approximate surface area is 717 Å². The highest BCUT2D eigenvalue weighted by molar-refractivity contribution is 7.27. The van der Waals surface area contributed by atoms with Gasteiger partial charge in [-0.2, -0.15) is 0 Å². The molecule has 3 nitrogen and oxygen atoms in total. The fourth-order valence-corrected chi connectivity index (χ4v) is 21.5. The summed E-state index contributed by atoms with van der Waals surface area (Å²) in [5, 5.41) is 10.5. The SMILES string of the molecule is CC1(C)c2ccccc2-c2ccc(N(c3ccccc3)c3ccc(-c4cccc5c4sc4ccccc45)cc3)cc21.c1ccc(-c2ccc(N(c3ccc(-c4cccc5c4sc4ccccc45)cc3)c3ccc4ccccc4c3)cc2)cc1.c1ccc(-c2cccc(N(c3ccccc3)c3ccc(-c4cccc5c4sc4ccccc45)cc3)c2)cc1. The van der Waals surface area contributed by atoms with Gasteiger partial charge in [0.1, 0.15) is 0 Å². The van der Waals surface area contributed by atoms with Crippen LogP contribution in [0.15, 0.2) is 455 Å². The van der Waals surface area contributed by atoms with Crippen LogP contribution in [0, 0.1) is 0 Å². The maximum absolute atomic E-state index is 2.40. The molecule has 0 spiro atoms. The van der Waals surface area contributed by atoms with E-state index in [1.54, 1.807) is 0 Å². The molecule has 0 amide bonds. The molecule has 0 radical (unpaired) electrons. The molecule has 121 heavy (non-hydrogen) atoms. The van der Waals surface area contributed by atoms with E-state index >= 15 is 0 Å². The summed E-state index contributed by atoms with van der Waals surface area (Å²) in [6.07, 6.45) is 0. The minimum absolute atomic E-state index is 0.0446. The Balaban J connectivity index is 0.000000112. The molecule has 1 aliphatic carbocycles. The Bertz CT molecular complexity index is 7520. The van der Waals surface area contributed by atoms with Gasteiger partial charge >= 0.3 is 0 Å². The normalized spacial score (nSPS) is 12.0. The molecule has 0 aliphatic heterocycles. The van der Waals surface area contributed by atoms with Crippen molar-refractivity contribution in [2.45, 2.75) is 19.3 Å². The van der Waals surface area contributed by atoms with E-state index in [9.17, 15) is 0 Å². The topological polar surface area (TPSA) is 9.72 Å². The van der Waals surface area contributed by atoms with Gasteiger partial charge in [0.15, 0.2) is 0 Å². The molecule has 22 aromatic rings. The zero-order valence-electron chi connectivity index (χ0n) is 66.9. The molecule has 1 aliphatic rings. The first-order valence-electron chi connectivity index (χ1n) is 41.3. The Morgan fingerprint density at radius 3 is 0.926 bits per heavy atom. The van der Waals surface area contributed by atoms with Gasteiger partial charge in [-0.15, -0.1) is 34.0 Å². The van der Waals surface area contributed by atoms with E-state index in [-0.39, 0.29) is 5.41 Å². The Morgan fingerprint density at radius 2 is 0.463 bits per heavy atom. The molecule has 0 unspecified atom stereocenters. The smallest absolute Gasteiger partial charge is 0.0468 e. The zero-order chi connectivity index (χ0) is 80.7. The molecule has 19 aromatic carbocycles. The Kier molecular flexibility index (Phi) is 19.6. The summed E-state index contributed by atoms with van der Waals surface area (Å²) in [7, 11) is 0. The average molecular weight is 1600 g/mol. The first kappa shape index (κ1) is 74.1. The van der Waals surface area contributed by atoms with Crippen molar-refractivity contribution < 1.29 is 0 Å². The lowest BCUT2D eigenvalue weighted by Crippen LogP contribution is -2.16. The summed E-state index contributed by atoms with van der Waals surface area (Å²) in [6.45, 7) is 4.69. The fraction of sp³-hybridized carbons (Fsp3) is 0.0261. The second-order valence-electron chi connectivity index (χ2n) is 31.4. The van der Waals surface area contributed by atoms with Crippen molar-refractivity contribution in [2.24, 2.45) is 0 Å². The summed E-state index contributed by atoms with van der Waals surface area (Å²) in [4.78, 5) is 7.06. The summed E-state index contributed by atoms with van der Waals surface area (Å²) >= 11 is 5.64. The van der Waals surface area contributed by atoms with Gasteiger partial charge in [-0.3, -0.25) is 0 Å². The molecule has 574 valence electrons. The highest BCUT2D eigenvalue weighted by atomic mass is 32.1. The molecule has 0 N–H and O–H groups in total. The maximum Gasteiger partial charge on any atom is 0.0468 e.